The first-order valence-corrected chi connectivity index (χ1v) is 8.28. The van der Waals surface area contributed by atoms with Crippen molar-refractivity contribution in [2.24, 2.45) is 5.92 Å². The predicted molar refractivity (Wildman–Crippen MR) is 81.8 cm³/mol. The molecule has 0 aliphatic carbocycles. The summed E-state index contributed by atoms with van der Waals surface area (Å²) >= 11 is 3.77. The van der Waals surface area contributed by atoms with Gasteiger partial charge in [-0.05, 0) is 41.7 Å². The first-order chi connectivity index (χ1) is 9.26. The monoisotopic (exact) mass is 326 g/mol. The fraction of sp³-hybridized carbons (Fsp3) is 0.786. The largest absolute Gasteiger partial charge is 0.369 e. The number of rotatable bonds is 3. The quantitative estimate of drug-likeness (QED) is 0.896. The second-order valence-electron chi connectivity index (χ2n) is 5.71. The van der Waals surface area contributed by atoms with Crippen molar-refractivity contribution in [1.82, 2.24) is 15.1 Å². The van der Waals surface area contributed by atoms with Crippen LogP contribution in [0.4, 0.5) is 5.82 Å². The van der Waals surface area contributed by atoms with Gasteiger partial charge in [-0.15, -0.1) is 0 Å². The van der Waals surface area contributed by atoms with Crippen molar-refractivity contribution in [2.45, 2.75) is 45.1 Å². The molecule has 106 valence electrons. The molecule has 2 N–H and O–H groups in total. The summed E-state index contributed by atoms with van der Waals surface area (Å²) in [5, 5.41) is 12.0. The predicted octanol–water partition coefficient (Wildman–Crippen LogP) is 3.13. The lowest BCUT2D eigenvalue weighted by Gasteiger charge is -2.37. The highest BCUT2D eigenvalue weighted by Crippen LogP contribution is 2.40. The van der Waals surface area contributed by atoms with E-state index in [2.05, 4.69) is 45.1 Å². The molecule has 0 spiro atoms. The molecule has 0 saturated carbocycles. The van der Waals surface area contributed by atoms with Crippen LogP contribution < -0.4 is 10.6 Å². The van der Waals surface area contributed by atoms with Gasteiger partial charge in [-0.3, -0.25) is 0 Å². The van der Waals surface area contributed by atoms with Crippen LogP contribution in [0.1, 0.15) is 50.8 Å². The van der Waals surface area contributed by atoms with Crippen LogP contribution in [0.5, 0.6) is 0 Å². The van der Waals surface area contributed by atoms with Crippen molar-refractivity contribution >= 4 is 21.7 Å². The number of anilines is 1. The molecule has 0 radical (unpaired) electrons. The molecule has 5 heteroatoms. The Hall–Kier alpha value is -0.550. The van der Waals surface area contributed by atoms with E-state index in [4.69, 9.17) is 5.10 Å². The molecule has 1 saturated heterocycles. The van der Waals surface area contributed by atoms with E-state index in [1.165, 1.54) is 22.4 Å². The average molecular weight is 327 g/mol. The summed E-state index contributed by atoms with van der Waals surface area (Å²) in [6.45, 7) is 7.77. The van der Waals surface area contributed by atoms with Gasteiger partial charge in [-0.2, -0.15) is 5.10 Å². The fourth-order valence-corrected chi connectivity index (χ4v) is 4.16. The molecule has 0 aromatic carbocycles. The number of nitrogens with one attached hydrogen (secondary N) is 2. The van der Waals surface area contributed by atoms with Crippen molar-refractivity contribution in [2.75, 3.05) is 25.0 Å². The molecule has 1 fully saturated rings. The Labute approximate surface area is 123 Å². The summed E-state index contributed by atoms with van der Waals surface area (Å²) in [7, 11) is 0. The maximum absolute atomic E-state index is 4.96. The van der Waals surface area contributed by atoms with E-state index < -0.39 is 0 Å². The van der Waals surface area contributed by atoms with Crippen LogP contribution in [0.2, 0.25) is 0 Å². The van der Waals surface area contributed by atoms with Crippen LogP contribution in [-0.4, -0.2) is 29.4 Å². The lowest BCUT2D eigenvalue weighted by molar-refractivity contribution is 0.236. The minimum atomic E-state index is 0.564. The Morgan fingerprint density at radius 2 is 2.16 bits per heavy atom. The van der Waals surface area contributed by atoms with Crippen molar-refractivity contribution in [3.8, 4) is 0 Å². The lowest BCUT2D eigenvalue weighted by atomic mass is 9.92. The van der Waals surface area contributed by atoms with Gasteiger partial charge in [0.2, 0.25) is 0 Å². The van der Waals surface area contributed by atoms with Crippen LogP contribution in [-0.2, 0) is 0 Å². The molecule has 1 aromatic rings. The highest BCUT2D eigenvalue weighted by molar-refractivity contribution is 9.10. The summed E-state index contributed by atoms with van der Waals surface area (Å²) in [5.41, 5.74) is 1.24. The zero-order valence-electron chi connectivity index (χ0n) is 11.7. The number of piperidine rings is 1. The molecule has 3 heterocycles. The zero-order valence-corrected chi connectivity index (χ0v) is 13.3. The Balaban J connectivity index is 1.98. The number of aromatic nitrogens is 2. The molecule has 2 aliphatic rings. The highest BCUT2D eigenvalue weighted by Gasteiger charge is 2.35. The third kappa shape index (κ3) is 2.21. The smallest absolute Gasteiger partial charge is 0.139 e. The molecule has 2 aliphatic heterocycles. The summed E-state index contributed by atoms with van der Waals surface area (Å²) < 4.78 is 3.45. The minimum absolute atomic E-state index is 0.564. The summed E-state index contributed by atoms with van der Waals surface area (Å²) in [5.74, 6) is 2.43. The zero-order chi connectivity index (χ0) is 13.4. The van der Waals surface area contributed by atoms with Gasteiger partial charge in [0.15, 0.2) is 0 Å². The van der Waals surface area contributed by atoms with E-state index in [9.17, 15) is 0 Å². The van der Waals surface area contributed by atoms with Crippen LogP contribution >= 0.6 is 15.9 Å². The minimum Gasteiger partial charge on any atom is -0.369 e. The van der Waals surface area contributed by atoms with Gasteiger partial charge in [0.25, 0.3) is 0 Å². The SMILES string of the molecule is CCC(CC)c1nn2c(c1Br)NCC1CNCCC12. The van der Waals surface area contributed by atoms with E-state index in [1.54, 1.807) is 0 Å². The topological polar surface area (TPSA) is 41.9 Å². The van der Waals surface area contributed by atoms with Crippen molar-refractivity contribution in [1.29, 1.82) is 0 Å². The van der Waals surface area contributed by atoms with Crippen molar-refractivity contribution in [3.63, 3.8) is 0 Å². The van der Waals surface area contributed by atoms with Gasteiger partial charge < -0.3 is 10.6 Å². The molecular weight excluding hydrogens is 304 g/mol. The van der Waals surface area contributed by atoms with Crippen LogP contribution in [0.15, 0.2) is 4.47 Å². The number of halogens is 1. The van der Waals surface area contributed by atoms with E-state index in [1.807, 2.05) is 0 Å². The molecule has 1 aromatic heterocycles. The van der Waals surface area contributed by atoms with Gasteiger partial charge in [0.05, 0.1) is 16.2 Å². The molecular formula is C14H23BrN4. The van der Waals surface area contributed by atoms with Gasteiger partial charge in [-0.25, -0.2) is 4.68 Å². The third-order valence-corrected chi connectivity index (χ3v) is 5.44. The molecule has 0 bridgehead atoms. The van der Waals surface area contributed by atoms with Gasteiger partial charge in [0, 0.05) is 24.9 Å². The fourth-order valence-electron chi connectivity index (χ4n) is 3.43. The molecule has 2 atom stereocenters. The van der Waals surface area contributed by atoms with E-state index >= 15 is 0 Å². The average Bonchev–Trinajstić information content (AvgIpc) is 2.78. The van der Waals surface area contributed by atoms with E-state index in [0.717, 1.165) is 32.5 Å². The number of nitrogens with zero attached hydrogens (tertiary/aromatic N) is 2. The molecule has 19 heavy (non-hydrogen) atoms. The number of hydrogen-bond donors (Lipinski definition) is 2. The second-order valence-corrected chi connectivity index (χ2v) is 6.50. The summed E-state index contributed by atoms with van der Waals surface area (Å²) in [6.07, 6.45) is 3.50. The molecule has 0 amide bonds. The first kappa shape index (κ1) is 13.4. The first-order valence-electron chi connectivity index (χ1n) is 7.48. The highest BCUT2D eigenvalue weighted by atomic mass is 79.9. The van der Waals surface area contributed by atoms with Crippen LogP contribution in [0, 0.1) is 5.92 Å². The van der Waals surface area contributed by atoms with Crippen molar-refractivity contribution in [3.05, 3.63) is 10.2 Å². The maximum atomic E-state index is 4.96. The van der Waals surface area contributed by atoms with Gasteiger partial charge in [-0.1, -0.05) is 13.8 Å². The molecule has 4 nitrogen and oxygen atoms in total. The normalized spacial score (nSPS) is 25.9. The Morgan fingerprint density at radius 1 is 1.37 bits per heavy atom. The van der Waals surface area contributed by atoms with Crippen molar-refractivity contribution < 1.29 is 0 Å². The van der Waals surface area contributed by atoms with E-state index in [-0.39, 0.29) is 0 Å². The maximum Gasteiger partial charge on any atom is 0.139 e. The van der Waals surface area contributed by atoms with E-state index in [0.29, 0.717) is 17.9 Å². The Kier molecular flexibility index (Phi) is 3.85. The Morgan fingerprint density at radius 3 is 2.89 bits per heavy atom. The van der Waals surface area contributed by atoms with Crippen LogP contribution in [0.25, 0.3) is 0 Å². The third-order valence-electron chi connectivity index (χ3n) is 4.66. The second kappa shape index (κ2) is 5.44. The number of hydrogen-bond acceptors (Lipinski definition) is 3. The standard InChI is InChI=1S/C14H23BrN4/c1-3-9(4-2)13-12(15)14-17-8-10-7-16-6-5-11(10)19(14)18-13/h9-11,16-17H,3-8H2,1-2H3. The summed E-state index contributed by atoms with van der Waals surface area (Å²) in [6, 6.07) is 0.567. The summed E-state index contributed by atoms with van der Waals surface area (Å²) in [4.78, 5) is 0. The van der Waals surface area contributed by atoms with Gasteiger partial charge >= 0.3 is 0 Å². The van der Waals surface area contributed by atoms with Gasteiger partial charge in [0.1, 0.15) is 5.82 Å². The van der Waals surface area contributed by atoms with Crippen LogP contribution in [0.3, 0.4) is 0 Å². The Bertz CT molecular complexity index is 453. The number of fused-ring (bicyclic) bond motifs is 3. The molecule has 3 rings (SSSR count). The molecule has 2 unspecified atom stereocenters. The lowest BCUT2D eigenvalue weighted by Crippen LogP contribution is -2.44.